The van der Waals surface area contributed by atoms with Crippen LogP contribution in [-0.4, -0.2) is 52.9 Å². The highest BCUT2D eigenvalue weighted by atomic mass is 16.5. The Morgan fingerprint density at radius 1 is 1.42 bits per heavy atom. The van der Waals surface area contributed by atoms with E-state index in [1.54, 1.807) is 0 Å². The molecule has 2 rings (SSSR count). The summed E-state index contributed by atoms with van der Waals surface area (Å²) >= 11 is 0. The maximum Gasteiger partial charge on any atom is 0.322 e. The number of ether oxygens (including phenoxy) is 1. The van der Waals surface area contributed by atoms with Gasteiger partial charge in [-0.15, -0.1) is 0 Å². The molecule has 19 heavy (non-hydrogen) atoms. The highest BCUT2D eigenvalue weighted by Crippen LogP contribution is 2.22. The Hall–Kier alpha value is -1.63. The van der Waals surface area contributed by atoms with Crippen molar-refractivity contribution in [3.63, 3.8) is 0 Å². The molecule has 0 saturated carbocycles. The monoisotopic (exact) mass is 267 g/mol. The van der Waals surface area contributed by atoms with Gasteiger partial charge in [0.25, 0.3) is 0 Å². The van der Waals surface area contributed by atoms with Crippen molar-refractivity contribution in [3.8, 4) is 6.01 Å². The summed E-state index contributed by atoms with van der Waals surface area (Å²) in [6, 6.07) is 0.286. The summed E-state index contributed by atoms with van der Waals surface area (Å²) < 4.78 is 5.09. The van der Waals surface area contributed by atoms with Crippen molar-refractivity contribution in [2.75, 3.05) is 37.0 Å². The molecule has 7 nitrogen and oxygen atoms in total. The van der Waals surface area contributed by atoms with Gasteiger partial charge in [0.15, 0.2) is 0 Å². The SMILES string of the molecule is CCNc1nc(OC)nc(N2CCC(C)C(O)C2)n1. The number of nitrogens with one attached hydrogen (secondary N) is 1. The molecule has 1 aliphatic rings. The average Bonchev–Trinajstić information content (AvgIpc) is 2.42. The molecule has 1 aliphatic heterocycles. The normalized spacial score (nSPS) is 23.3. The number of nitrogens with zero attached hydrogens (tertiary/aromatic N) is 4. The van der Waals surface area contributed by atoms with Gasteiger partial charge in [0.1, 0.15) is 0 Å². The van der Waals surface area contributed by atoms with E-state index in [1.165, 1.54) is 7.11 Å². The van der Waals surface area contributed by atoms with E-state index in [0.29, 0.717) is 24.4 Å². The molecule has 1 aromatic heterocycles. The van der Waals surface area contributed by atoms with Gasteiger partial charge in [0.2, 0.25) is 11.9 Å². The molecule has 1 saturated heterocycles. The Labute approximate surface area is 113 Å². The van der Waals surface area contributed by atoms with Gasteiger partial charge in [-0.25, -0.2) is 0 Å². The van der Waals surface area contributed by atoms with E-state index in [1.807, 2.05) is 11.8 Å². The van der Waals surface area contributed by atoms with Crippen LogP contribution in [0.3, 0.4) is 0 Å². The van der Waals surface area contributed by atoms with Gasteiger partial charge in [-0.1, -0.05) is 6.92 Å². The molecule has 0 bridgehead atoms. The van der Waals surface area contributed by atoms with Gasteiger partial charge in [0, 0.05) is 19.6 Å². The predicted molar refractivity (Wildman–Crippen MR) is 72.5 cm³/mol. The molecule has 0 aliphatic carbocycles. The van der Waals surface area contributed by atoms with Crippen LogP contribution in [0.4, 0.5) is 11.9 Å². The second-order valence-corrected chi connectivity index (χ2v) is 4.76. The Balaban J connectivity index is 2.20. The molecule has 0 radical (unpaired) electrons. The van der Waals surface area contributed by atoms with Crippen LogP contribution in [0.1, 0.15) is 20.3 Å². The quantitative estimate of drug-likeness (QED) is 0.822. The summed E-state index contributed by atoms with van der Waals surface area (Å²) in [5, 5.41) is 13.0. The molecule has 0 aromatic carbocycles. The van der Waals surface area contributed by atoms with E-state index in [2.05, 4.69) is 27.2 Å². The zero-order chi connectivity index (χ0) is 13.8. The largest absolute Gasteiger partial charge is 0.467 e. The Bertz CT molecular complexity index is 429. The van der Waals surface area contributed by atoms with E-state index in [9.17, 15) is 5.11 Å². The fourth-order valence-electron chi connectivity index (χ4n) is 2.05. The first-order valence-corrected chi connectivity index (χ1v) is 6.61. The first kappa shape index (κ1) is 13.8. The third-order valence-electron chi connectivity index (χ3n) is 3.32. The zero-order valence-corrected chi connectivity index (χ0v) is 11.6. The fraction of sp³-hybridized carbons (Fsp3) is 0.750. The second kappa shape index (κ2) is 6.01. The number of methoxy groups -OCH3 is 1. The van der Waals surface area contributed by atoms with Crippen LogP contribution in [0.15, 0.2) is 0 Å². The van der Waals surface area contributed by atoms with E-state index in [-0.39, 0.29) is 12.1 Å². The van der Waals surface area contributed by atoms with Crippen LogP contribution in [0, 0.1) is 5.92 Å². The highest BCUT2D eigenvalue weighted by molar-refractivity contribution is 5.39. The lowest BCUT2D eigenvalue weighted by atomic mass is 9.96. The highest BCUT2D eigenvalue weighted by Gasteiger charge is 2.26. The third kappa shape index (κ3) is 3.23. The van der Waals surface area contributed by atoms with Crippen molar-refractivity contribution in [1.29, 1.82) is 0 Å². The summed E-state index contributed by atoms with van der Waals surface area (Å²) in [6.07, 6.45) is 0.574. The molecular formula is C12H21N5O2. The maximum absolute atomic E-state index is 9.95. The first-order chi connectivity index (χ1) is 9.13. The number of aliphatic hydroxyl groups excluding tert-OH is 1. The van der Waals surface area contributed by atoms with Crippen LogP contribution in [-0.2, 0) is 0 Å². The molecule has 0 amide bonds. The smallest absolute Gasteiger partial charge is 0.322 e. The Morgan fingerprint density at radius 3 is 2.84 bits per heavy atom. The van der Waals surface area contributed by atoms with Gasteiger partial charge >= 0.3 is 6.01 Å². The third-order valence-corrected chi connectivity index (χ3v) is 3.32. The molecule has 1 aromatic rings. The molecule has 0 spiro atoms. The Kier molecular flexibility index (Phi) is 4.36. The minimum atomic E-state index is -0.348. The lowest BCUT2D eigenvalue weighted by Crippen LogP contribution is -2.43. The van der Waals surface area contributed by atoms with Crippen LogP contribution in [0.2, 0.25) is 0 Å². The molecule has 106 valence electrons. The summed E-state index contributed by atoms with van der Waals surface area (Å²) in [6.45, 7) is 6.13. The molecular weight excluding hydrogens is 246 g/mol. The summed E-state index contributed by atoms with van der Waals surface area (Å²) in [7, 11) is 1.53. The number of hydrogen-bond acceptors (Lipinski definition) is 7. The van der Waals surface area contributed by atoms with Crippen molar-refractivity contribution in [2.45, 2.75) is 26.4 Å². The number of piperidine rings is 1. The van der Waals surface area contributed by atoms with Crippen LogP contribution < -0.4 is 15.0 Å². The summed E-state index contributed by atoms with van der Waals surface area (Å²) in [5.41, 5.74) is 0. The minimum Gasteiger partial charge on any atom is -0.467 e. The number of β-amino-alcohol motifs (C(OH)–C–C–N with tert-alkyl or cyclic N) is 1. The molecule has 2 atom stereocenters. The first-order valence-electron chi connectivity index (χ1n) is 6.61. The van der Waals surface area contributed by atoms with Gasteiger partial charge in [-0.2, -0.15) is 15.0 Å². The van der Waals surface area contributed by atoms with Crippen molar-refractivity contribution in [2.24, 2.45) is 5.92 Å². The number of hydrogen-bond donors (Lipinski definition) is 2. The van der Waals surface area contributed by atoms with Crippen LogP contribution in [0.25, 0.3) is 0 Å². The van der Waals surface area contributed by atoms with Crippen molar-refractivity contribution in [1.82, 2.24) is 15.0 Å². The maximum atomic E-state index is 9.95. The van der Waals surface area contributed by atoms with E-state index < -0.39 is 0 Å². The Morgan fingerprint density at radius 2 is 2.21 bits per heavy atom. The minimum absolute atomic E-state index is 0.286. The van der Waals surface area contributed by atoms with Gasteiger partial charge < -0.3 is 20.1 Å². The summed E-state index contributed by atoms with van der Waals surface area (Å²) in [5.74, 6) is 1.36. The van der Waals surface area contributed by atoms with Crippen molar-refractivity contribution >= 4 is 11.9 Å². The number of rotatable bonds is 4. The number of anilines is 2. The van der Waals surface area contributed by atoms with Crippen molar-refractivity contribution < 1.29 is 9.84 Å². The van der Waals surface area contributed by atoms with Gasteiger partial charge in [-0.3, -0.25) is 0 Å². The standard InChI is InChI=1S/C12H21N5O2/c1-4-13-10-14-11(16-12(15-10)19-3)17-6-5-8(2)9(18)7-17/h8-9,18H,4-7H2,1-3H3,(H,13,14,15,16). The molecule has 2 unspecified atom stereocenters. The fourth-order valence-corrected chi connectivity index (χ4v) is 2.05. The van der Waals surface area contributed by atoms with Crippen LogP contribution >= 0.6 is 0 Å². The van der Waals surface area contributed by atoms with Gasteiger partial charge in [0.05, 0.1) is 13.2 Å². The average molecular weight is 267 g/mol. The zero-order valence-electron chi connectivity index (χ0n) is 11.6. The van der Waals surface area contributed by atoms with Gasteiger partial charge in [-0.05, 0) is 19.3 Å². The predicted octanol–water partition coefficient (Wildman–Crippen LogP) is 0.519. The van der Waals surface area contributed by atoms with Crippen LogP contribution in [0.5, 0.6) is 6.01 Å². The second-order valence-electron chi connectivity index (χ2n) is 4.76. The molecule has 7 heteroatoms. The summed E-state index contributed by atoms with van der Waals surface area (Å²) in [4.78, 5) is 14.7. The van der Waals surface area contributed by atoms with E-state index in [0.717, 1.165) is 19.5 Å². The molecule has 1 fully saturated rings. The molecule has 2 N–H and O–H groups in total. The van der Waals surface area contributed by atoms with Crippen molar-refractivity contribution in [3.05, 3.63) is 0 Å². The number of aromatic nitrogens is 3. The van der Waals surface area contributed by atoms with E-state index in [4.69, 9.17) is 4.74 Å². The topological polar surface area (TPSA) is 83.4 Å². The lowest BCUT2D eigenvalue weighted by molar-refractivity contribution is 0.102. The molecule has 2 heterocycles. The lowest BCUT2D eigenvalue weighted by Gasteiger charge is -2.34. The number of aliphatic hydroxyl groups is 1. The van der Waals surface area contributed by atoms with E-state index >= 15 is 0 Å².